The zero-order chi connectivity index (χ0) is 30.2. The molecule has 13 heteroatoms. The van der Waals surface area contributed by atoms with Crippen LogP contribution in [0.25, 0.3) is 5.73 Å². The van der Waals surface area contributed by atoms with Gasteiger partial charge >= 0.3 is 7.60 Å². The average Bonchev–Trinajstić information content (AvgIpc) is 2.97. The van der Waals surface area contributed by atoms with Crippen LogP contribution in [-0.4, -0.2) is 57.6 Å². The normalized spacial score (nSPS) is 16.3. The van der Waals surface area contributed by atoms with Crippen molar-refractivity contribution in [1.29, 1.82) is 5.41 Å². The van der Waals surface area contributed by atoms with Crippen molar-refractivity contribution in [3.8, 4) is 11.5 Å². The molecule has 1 aliphatic heterocycles. The second kappa shape index (κ2) is 14.3. The van der Waals surface area contributed by atoms with Gasteiger partial charge in [0.2, 0.25) is 10.0 Å². The van der Waals surface area contributed by atoms with Gasteiger partial charge < -0.3 is 35.4 Å². The fraction of sp³-hybridized carbons (Fsp3) is 0.345. The molecule has 0 aliphatic carbocycles. The Morgan fingerprint density at radius 3 is 2.43 bits per heavy atom. The summed E-state index contributed by atoms with van der Waals surface area (Å²) < 4.78 is 58.6. The Balaban J connectivity index is 1.50. The molecule has 2 atom stereocenters. The van der Waals surface area contributed by atoms with Crippen LogP contribution in [0.15, 0.2) is 77.7 Å². The maximum Gasteiger partial charge on any atom is 0.358 e. The standard InChI is InChI=1S/C29H36N4O7PS/c1-2-39-41(34,35)27-10-12-28(13-11-27)42(36,37)33-23(20-38-26-5-3-4-22(19-26)29(30)31)18-21-6-8-24(9-7-21)40-25-14-16-32-17-15-25/h3-13,19,23,25,32-33H,2,14-18,20H2,1H3,(H3-,30,31,34,35)/q-1/t23-/m0/s1. The molecule has 0 saturated carbocycles. The molecular formula is C29H36N4O7PS-. The molecule has 226 valence electrons. The molecule has 1 saturated heterocycles. The molecule has 0 amide bonds. The van der Waals surface area contributed by atoms with Crippen LogP contribution >= 0.6 is 7.60 Å². The molecule has 0 radical (unpaired) electrons. The maximum atomic E-state index is 13.3. The zero-order valence-corrected chi connectivity index (χ0v) is 25.0. The van der Waals surface area contributed by atoms with Gasteiger partial charge in [-0.2, -0.15) is 0 Å². The van der Waals surface area contributed by atoms with Gasteiger partial charge in [-0.3, -0.25) is 4.57 Å². The third-order valence-electron chi connectivity index (χ3n) is 6.67. The van der Waals surface area contributed by atoms with Crippen molar-refractivity contribution in [1.82, 2.24) is 10.0 Å². The highest BCUT2D eigenvalue weighted by Gasteiger charge is 2.25. The number of benzene rings is 3. The van der Waals surface area contributed by atoms with Gasteiger partial charge in [0, 0.05) is 0 Å². The Kier molecular flexibility index (Phi) is 10.8. The van der Waals surface area contributed by atoms with Crippen molar-refractivity contribution < 1.29 is 31.9 Å². The number of rotatable bonds is 14. The minimum absolute atomic E-state index is 0.00479. The largest absolute Gasteiger partial charge is 0.492 e. The van der Waals surface area contributed by atoms with Gasteiger partial charge in [-0.1, -0.05) is 30.1 Å². The SMILES string of the molecule is CCOP(=O)(O)c1ccc(S(=O)(=O)N[C@H](COc2cccc(C(=N)[NH-])c2)Cc2ccc(OC3CCNCC3)cc2)cc1. The highest BCUT2D eigenvalue weighted by Crippen LogP contribution is 2.40. The van der Waals surface area contributed by atoms with E-state index < -0.39 is 23.7 Å². The van der Waals surface area contributed by atoms with E-state index in [9.17, 15) is 17.9 Å². The number of nitrogens with one attached hydrogen (secondary N) is 4. The van der Waals surface area contributed by atoms with E-state index in [4.69, 9.17) is 25.1 Å². The van der Waals surface area contributed by atoms with Crippen molar-refractivity contribution in [2.75, 3.05) is 26.3 Å². The van der Waals surface area contributed by atoms with E-state index in [1.54, 1.807) is 31.2 Å². The molecule has 3 aromatic rings. The Labute approximate surface area is 246 Å². The fourth-order valence-electron chi connectivity index (χ4n) is 4.52. The Morgan fingerprint density at radius 2 is 1.79 bits per heavy atom. The van der Waals surface area contributed by atoms with E-state index in [1.807, 2.05) is 24.3 Å². The highest BCUT2D eigenvalue weighted by molar-refractivity contribution is 7.89. The number of amidine groups is 1. The van der Waals surface area contributed by atoms with Gasteiger partial charge in [0.25, 0.3) is 0 Å². The molecule has 42 heavy (non-hydrogen) atoms. The highest BCUT2D eigenvalue weighted by atomic mass is 32.2. The van der Waals surface area contributed by atoms with Crippen molar-refractivity contribution in [3.63, 3.8) is 0 Å². The van der Waals surface area contributed by atoms with E-state index in [1.165, 1.54) is 24.3 Å². The Hall–Kier alpha value is -3.25. The third-order valence-corrected chi connectivity index (χ3v) is 9.76. The number of sulfonamides is 1. The first-order chi connectivity index (χ1) is 20.1. The van der Waals surface area contributed by atoms with Crippen LogP contribution in [0.4, 0.5) is 0 Å². The van der Waals surface area contributed by atoms with Crippen molar-refractivity contribution >= 4 is 28.8 Å². The number of piperidine rings is 1. The van der Waals surface area contributed by atoms with Crippen LogP contribution < -0.4 is 24.8 Å². The van der Waals surface area contributed by atoms with Crippen molar-refractivity contribution in [3.05, 3.63) is 89.7 Å². The van der Waals surface area contributed by atoms with Crippen LogP contribution in [0.5, 0.6) is 11.5 Å². The fourth-order valence-corrected chi connectivity index (χ4v) is 6.76. The molecule has 1 unspecified atom stereocenters. The van der Waals surface area contributed by atoms with Crippen LogP contribution in [0, 0.1) is 5.41 Å². The second-order valence-corrected chi connectivity index (χ2v) is 13.4. The smallest absolute Gasteiger partial charge is 0.358 e. The summed E-state index contributed by atoms with van der Waals surface area (Å²) in [6.45, 7) is 3.44. The lowest BCUT2D eigenvalue weighted by atomic mass is 10.1. The molecule has 3 aromatic carbocycles. The Bertz CT molecular complexity index is 1500. The molecule has 0 spiro atoms. The van der Waals surface area contributed by atoms with E-state index in [-0.39, 0.29) is 35.4 Å². The van der Waals surface area contributed by atoms with Crippen molar-refractivity contribution in [2.24, 2.45) is 0 Å². The first kappa shape index (κ1) is 31.7. The minimum Gasteiger partial charge on any atom is -0.492 e. The van der Waals surface area contributed by atoms with E-state index >= 15 is 0 Å². The Morgan fingerprint density at radius 1 is 1.10 bits per heavy atom. The summed E-state index contributed by atoms with van der Waals surface area (Å²) in [7, 11) is -8.08. The van der Waals surface area contributed by atoms with E-state index in [2.05, 4.69) is 10.0 Å². The molecule has 1 aliphatic rings. The molecule has 0 aromatic heterocycles. The maximum absolute atomic E-state index is 13.3. The quantitative estimate of drug-likeness (QED) is 0.120. The van der Waals surface area contributed by atoms with Crippen LogP contribution in [0.1, 0.15) is 30.9 Å². The summed E-state index contributed by atoms with van der Waals surface area (Å²) >= 11 is 0. The predicted molar refractivity (Wildman–Crippen MR) is 161 cm³/mol. The lowest BCUT2D eigenvalue weighted by molar-refractivity contribution is 0.162. The van der Waals surface area contributed by atoms with Gasteiger partial charge in [0.05, 0.1) is 22.8 Å². The van der Waals surface area contributed by atoms with Gasteiger partial charge in [0.1, 0.15) is 24.2 Å². The van der Waals surface area contributed by atoms with Gasteiger partial charge in [0.15, 0.2) is 0 Å². The lowest BCUT2D eigenvalue weighted by Crippen LogP contribution is -2.40. The molecule has 11 nitrogen and oxygen atoms in total. The molecule has 1 heterocycles. The van der Waals surface area contributed by atoms with Crippen molar-refractivity contribution in [2.45, 2.75) is 43.2 Å². The van der Waals surface area contributed by atoms with E-state index in [0.29, 0.717) is 17.7 Å². The average molecular weight is 616 g/mol. The summed E-state index contributed by atoms with van der Waals surface area (Å²) in [5, 5.41) is 10.9. The molecule has 5 N–H and O–H groups in total. The number of hydrogen-bond acceptors (Lipinski definition) is 8. The topological polar surface area (TPSA) is 171 Å². The first-order valence-electron chi connectivity index (χ1n) is 13.7. The minimum atomic E-state index is -4.04. The summed E-state index contributed by atoms with van der Waals surface area (Å²) in [6.07, 6.45) is 2.33. The molecular weight excluding hydrogens is 579 g/mol. The molecule has 0 bridgehead atoms. The van der Waals surface area contributed by atoms with E-state index in [0.717, 1.165) is 37.2 Å². The first-order valence-corrected chi connectivity index (χ1v) is 16.7. The van der Waals surface area contributed by atoms with Gasteiger partial charge in [-0.25, -0.2) is 13.1 Å². The number of hydrogen-bond donors (Lipinski definition) is 4. The lowest BCUT2D eigenvalue weighted by Gasteiger charge is -2.24. The zero-order valence-electron chi connectivity index (χ0n) is 23.3. The summed E-state index contributed by atoms with van der Waals surface area (Å²) in [4.78, 5) is 9.97. The van der Waals surface area contributed by atoms with Crippen LogP contribution in [0.3, 0.4) is 0 Å². The summed E-state index contributed by atoms with van der Waals surface area (Å²) in [5.74, 6) is 0.796. The van der Waals surface area contributed by atoms with Gasteiger partial charge in [-0.15, -0.1) is 0 Å². The summed E-state index contributed by atoms with van der Waals surface area (Å²) in [6, 6.07) is 18.4. The van der Waals surface area contributed by atoms with Gasteiger partial charge in [-0.05, 0) is 98.9 Å². The molecule has 4 rings (SSSR count). The molecule has 1 fully saturated rings. The summed E-state index contributed by atoms with van der Waals surface area (Å²) in [5.41, 5.74) is 8.79. The predicted octanol–water partition coefficient (Wildman–Crippen LogP) is 4.01. The number of ether oxygens (including phenoxy) is 2. The second-order valence-electron chi connectivity index (χ2n) is 9.88. The van der Waals surface area contributed by atoms with Crippen LogP contribution in [0.2, 0.25) is 0 Å². The monoisotopic (exact) mass is 615 g/mol. The third kappa shape index (κ3) is 8.87. The van der Waals surface area contributed by atoms with Crippen LogP contribution in [-0.2, 0) is 25.5 Å².